The van der Waals surface area contributed by atoms with Crippen LogP contribution in [0.1, 0.15) is 25.8 Å². The van der Waals surface area contributed by atoms with Gasteiger partial charge in [-0.05, 0) is 56.7 Å². The summed E-state index contributed by atoms with van der Waals surface area (Å²) < 4.78 is 39.4. The van der Waals surface area contributed by atoms with Crippen LogP contribution in [0, 0.1) is 12.7 Å². The molecular formula is C20H21FN2O4S2. The number of halogens is 1. The SMILES string of the molecule is Cc1ccc(NC(=O)C[C@@H](C)S(=O)(=O)c2ccc3c(c2)NC(=O)[C@@H](C)S3)cc1F. The van der Waals surface area contributed by atoms with Gasteiger partial charge in [0.1, 0.15) is 5.82 Å². The first-order valence-electron chi connectivity index (χ1n) is 8.99. The molecule has 1 heterocycles. The molecule has 0 unspecified atom stereocenters. The lowest BCUT2D eigenvalue weighted by molar-refractivity contribution is -0.116. The number of rotatable bonds is 5. The first-order valence-corrected chi connectivity index (χ1v) is 11.4. The van der Waals surface area contributed by atoms with Crippen LogP contribution in [0.5, 0.6) is 0 Å². The molecule has 0 saturated carbocycles. The van der Waals surface area contributed by atoms with E-state index < -0.39 is 26.8 Å². The lowest BCUT2D eigenvalue weighted by atomic mass is 10.2. The zero-order valence-corrected chi connectivity index (χ0v) is 17.8. The van der Waals surface area contributed by atoms with Crippen molar-refractivity contribution in [3.63, 3.8) is 0 Å². The average Bonchev–Trinajstić information content (AvgIpc) is 2.65. The van der Waals surface area contributed by atoms with Gasteiger partial charge >= 0.3 is 0 Å². The zero-order valence-electron chi connectivity index (χ0n) is 16.2. The maximum Gasteiger partial charge on any atom is 0.237 e. The number of hydrogen-bond acceptors (Lipinski definition) is 5. The molecular weight excluding hydrogens is 415 g/mol. The van der Waals surface area contributed by atoms with Crippen molar-refractivity contribution in [3.05, 3.63) is 47.8 Å². The molecule has 0 radical (unpaired) electrons. The summed E-state index contributed by atoms with van der Waals surface area (Å²) in [5.41, 5.74) is 1.17. The number of carbonyl (C=O) groups is 2. The maximum atomic E-state index is 13.6. The molecule has 2 N–H and O–H groups in total. The summed E-state index contributed by atoms with van der Waals surface area (Å²) in [6.45, 7) is 4.82. The Labute approximate surface area is 173 Å². The first-order chi connectivity index (χ1) is 13.6. The monoisotopic (exact) mass is 436 g/mol. The van der Waals surface area contributed by atoms with Gasteiger partial charge in [0, 0.05) is 17.0 Å². The van der Waals surface area contributed by atoms with E-state index in [0.29, 0.717) is 11.3 Å². The minimum absolute atomic E-state index is 0.0355. The topological polar surface area (TPSA) is 92.3 Å². The van der Waals surface area contributed by atoms with Gasteiger partial charge in [0.05, 0.1) is 21.1 Å². The van der Waals surface area contributed by atoms with Gasteiger partial charge in [0.15, 0.2) is 9.84 Å². The van der Waals surface area contributed by atoms with E-state index in [9.17, 15) is 22.4 Å². The van der Waals surface area contributed by atoms with Crippen LogP contribution in [-0.2, 0) is 19.4 Å². The van der Waals surface area contributed by atoms with Gasteiger partial charge < -0.3 is 10.6 Å². The summed E-state index contributed by atoms with van der Waals surface area (Å²) in [6, 6.07) is 8.84. The second-order valence-electron chi connectivity index (χ2n) is 6.98. The fraction of sp³-hybridized carbons (Fsp3) is 0.300. The van der Waals surface area contributed by atoms with Crippen LogP contribution in [0.15, 0.2) is 46.2 Å². The van der Waals surface area contributed by atoms with Crippen LogP contribution in [-0.4, -0.2) is 30.7 Å². The molecule has 6 nitrogen and oxygen atoms in total. The highest BCUT2D eigenvalue weighted by Crippen LogP contribution is 2.37. The number of hydrogen-bond donors (Lipinski definition) is 2. The highest BCUT2D eigenvalue weighted by atomic mass is 32.2. The lowest BCUT2D eigenvalue weighted by Crippen LogP contribution is -2.27. The van der Waals surface area contributed by atoms with Gasteiger partial charge in [-0.25, -0.2) is 12.8 Å². The van der Waals surface area contributed by atoms with Crippen LogP contribution in [0.4, 0.5) is 15.8 Å². The van der Waals surface area contributed by atoms with Crippen LogP contribution in [0.3, 0.4) is 0 Å². The molecule has 9 heteroatoms. The predicted octanol–water partition coefficient (Wildman–Crippen LogP) is 3.76. The fourth-order valence-corrected chi connectivity index (χ4v) is 5.16. The van der Waals surface area contributed by atoms with Gasteiger partial charge in [0.25, 0.3) is 0 Å². The van der Waals surface area contributed by atoms with Gasteiger partial charge in [0.2, 0.25) is 11.8 Å². The number of amides is 2. The molecule has 1 aliphatic heterocycles. The third-order valence-corrected chi connectivity index (χ3v) is 7.98. The minimum Gasteiger partial charge on any atom is -0.326 e. The summed E-state index contributed by atoms with van der Waals surface area (Å²) in [4.78, 5) is 24.9. The Balaban J connectivity index is 1.73. The maximum absolute atomic E-state index is 13.6. The number of anilines is 2. The molecule has 2 atom stereocenters. The molecule has 0 fully saturated rings. The number of nitrogens with one attached hydrogen (secondary N) is 2. The third-order valence-electron chi connectivity index (χ3n) is 4.67. The predicted molar refractivity (Wildman–Crippen MR) is 111 cm³/mol. The first kappa shape index (κ1) is 21.3. The highest BCUT2D eigenvalue weighted by Gasteiger charge is 2.29. The molecule has 3 rings (SSSR count). The van der Waals surface area contributed by atoms with E-state index in [2.05, 4.69) is 10.6 Å². The third kappa shape index (κ3) is 4.62. The smallest absolute Gasteiger partial charge is 0.237 e. The Hall–Kier alpha value is -2.39. The average molecular weight is 437 g/mol. The van der Waals surface area contributed by atoms with E-state index in [1.807, 2.05) is 0 Å². The van der Waals surface area contributed by atoms with Gasteiger partial charge in [-0.1, -0.05) is 6.07 Å². The molecule has 0 aromatic heterocycles. The molecule has 2 aromatic rings. The van der Waals surface area contributed by atoms with Crippen molar-refractivity contribution in [2.75, 3.05) is 10.6 Å². The van der Waals surface area contributed by atoms with Gasteiger partial charge in [-0.15, -0.1) is 11.8 Å². The molecule has 29 heavy (non-hydrogen) atoms. The highest BCUT2D eigenvalue weighted by molar-refractivity contribution is 8.01. The molecule has 1 aliphatic rings. The zero-order chi connectivity index (χ0) is 21.3. The fourth-order valence-electron chi connectivity index (χ4n) is 2.85. The summed E-state index contributed by atoms with van der Waals surface area (Å²) in [5, 5.41) is 3.98. The summed E-state index contributed by atoms with van der Waals surface area (Å²) in [6.07, 6.45) is -0.285. The van der Waals surface area contributed by atoms with Crippen molar-refractivity contribution in [1.29, 1.82) is 0 Å². The van der Waals surface area contributed by atoms with E-state index in [4.69, 9.17) is 0 Å². The standard InChI is InChI=1S/C20H21FN2O4S2/c1-11-4-5-14(9-16(11)21)22-19(24)8-12(2)29(26,27)15-6-7-18-17(10-15)23-20(25)13(3)28-18/h4-7,9-10,12-13H,8H2,1-3H3,(H,22,24)(H,23,25)/t12-,13-/m1/s1. The number of carbonyl (C=O) groups excluding carboxylic acids is 2. The second-order valence-corrected chi connectivity index (χ2v) is 10.7. The van der Waals surface area contributed by atoms with Gasteiger partial charge in [-0.2, -0.15) is 0 Å². The minimum atomic E-state index is -3.80. The summed E-state index contributed by atoms with van der Waals surface area (Å²) in [7, 11) is -3.80. The number of thioether (sulfide) groups is 1. The van der Waals surface area contributed by atoms with Crippen molar-refractivity contribution in [2.24, 2.45) is 0 Å². The van der Waals surface area contributed by atoms with Crippen LogP contribution in [0.2, 0.25) is 0 Å². The van der Waals surface area contributed by atoms with E-state index >= 15 is 0 Å². The van der Waals surface area contributed by atoms with Crippen LogP contribution in [0.25, 0.3) is 0 Å². The van der Waals surface area contributed by atoms with Crippen LogP contribution < -0.4 is 10.6 Å². The Morgan fingerprint density at radius 1 is 1.28 bits per heavy atom. The Bertz CT molecular complexity index is 1090. The normalized spacial score (nSPS) is 17.2. The van der Waals surface area contributed by atoms with E-state index in [-0.39, 0.29) is 28.2 Å². The molecule has 2 aromatic carbocycles. The Morgan fingerprint density at radius 3 is 2.69 bits per heavy atom. The van der Waals surface area contributed by atoms with Gasteiger partial charge in [-0.3, -0.25) is 9.59 Å². The molecule has 0 saturated heterocycles. The van der Waals surface area contributed by atoms with Crippen molar-refractivity contribution in [2.45, 2.75) is 47.5 Å². The Morgan fingerprint density at radius 2 is 2.00 bits per heavy atom. The van der Waals surface area contributed by atoms with Crippen molar-refractivity contribution < 1.29 is 22.4 Å². The quantitative estimate of drug-likeness (QED) is 0.745. The van der Waals surface area contributed by atoms with Crippen molar-refractivity contribution in [1.82, 2.24) is 0 Å². The molecule has 0 bridgehead atoms. The number of sulfone groups is 1. The molecule has 0 aliphatic carbocycles. The largest absolute Gasteiger partial charge is 0.326 e. The molecule has 0 spiro atoms. The molecule has 154 valence electrons. The summed E-state index contributed by atoms with van der Waals surface area (Å²) >= 11 is 1.36. The summed E-state index contributed by atoms with van der Waals surface area (Å²) in [5.74, 6) is -1.17. The van der Waals surface area contributed by atoms with E-state index in [0.717, 1.165) is 4.90 Å². The van der Waals surface area contributed by atoms with Crippen molar-refractivity contribution >= 4 is 44.8 Å². The van der Waals surface area contributed by atoms with Crippen molar-refractivity contribution in [3.8, 4) is 0 Å². The van der Waals surface area contributed by atoms with E-state index in [1.165, 1.54) is 43.0 Å². The lowest BCUT2D eigenvalue weighted by Gasteiger charge is -2.22. The van der Waals surface area contributed by atoms with E-state index in [1.54, 1.807) is 26.0 Å². The van der Waals surface area contributed by atoms with Crippen LogP contribution >= 0.6 is 11.8 Å². The Kier molecular flexibility index (Phi) is 6.00. The molecule has 2 amide bonds. The second kappa shape index (κ2) is 8.16. The number of fused-ring (bicyclic) bond motifs is 1. The number of aryl methyl sites for hydroxylation is 1. The number of benzene rings is 2.